The molecule has 8 heteroatoms. The third kappa shape index (κ3) is 3.16. The Kier molecular flexibility index (Phi) is 4.23. The molecule has 7 nitrogen and oxygen atoms in total. The first kappa shape index (κ1) is 17.6. The first-order valence-electron chi connectivity index (χ1n) is 8.45. The maximum Gasteiger partial charge on any atom is 0.258 e. The van der Waals surface area contributed by atoms with E-state index in [1.54, 1.807) is 43.6 Å². The second-order valence-corrected chi connectivity index (χ2v) is 6.33. The number of amides is 1. The van der Waals surface area contributed by atoms with Crippen molar-refractivity contribution in [3.8, 4) is 22.8 Å². The highest BCUT2D eigenvalue weighted by molar-refractivity contribution is 5.94. The molecule has 0 radical (unpaired) electrons. The van der Waals surface area contributed by atoms with Gasteiger partial charge in [0.15, 0.2) is 0 Å². The van der Waals surface area contributed by atoms with Crippen LogP contribution in [-0.2, 0) is 7.05 Å². The number of rotatable bonds is 4. The van der Waals surface area contributed by atoms with E-state index in [9.17, 15) is 9.18 Å². The number of nitrogens with two attached hydrogens (primary N) is 1. The number of carbonyl (C=O) groups excluding carboxylic acids is 1. The number of hydrogen-bond acceptors (Lipinski definition) is 5. The molecule has 4 rings (SSSR count). The van der Waals surface area contributed by atoms with E-state index < -0.39 is 11.9 Å². The Labute approximate surface area is 159 Å². The minimum absolute atomic E-state index is 0.190. The van der Waals surface area contributed by atoms with Crippen molar-refractivity contribution in [1.29, 1.82) is 0 Å². The van der Waals surface area contributed by atoms with Crippen LogP contribution < -0.4 is 10.5 Å². The number of hydrogen-bond donors (Lipinski definition) is 1. The second-order valence-electron chi connectivity index (χ2n) is 6.33. The van der Waals surface area contributed by atoms with Crippen molar-refractivity contribution < 1.29 is 13.9 Å². The summed E-state index contributed by atoms with van der Waals surface area (Å²) < 4.78 is 20.9. The lowest BCUT2D eigenvalue weighted by Crippen LogP contribution is -2.12. The third-order valence-corrected chi connectivity index (χ3v) is 4.38. The fourth-order valence-corrected chi connectivity index (χ4v) is 3.00. The normalized spacial score (nSPS) is 11.0. The number of pyridine rings is 2. The van der Waals surface area contributed by atoms with Crippen LogP contribution in [0, 0.1) is 12.9 Å². The van der Waals surface area contributed by atoms with E-state index in [-0.39, 0.29) is 5.52 Å². The van der Waals surface area contributed by atoms with Crippen LogP contribution in [0.5, 0.6) is 11.5 Å². The zero-order valence-corrected chi connectivity index (χ0v) is 15.2. The van der Waals surface area contributed by atoms with Gasteiger partial charge in [-0.1, -0.05) is 6.07 Å². The molecule has 0 unspecified atom stereocenters. The van der Waals surface area contributed by atoms with Crippen LogP contribution in [0.2, 0.25) is 0 Å². The zero-order valence-electron chi connectivity index (χ0n) is 15.2. The standard InChI is InChI=1S/C20H16FN5O2/c1-11-7-12(3-4-15(11)20(22)27)16-8-13(5-6-23-16)28-14-9-17-18(24-10-14)19(21)25-26(17)2/h3-10H,1-2H3,(H2,22,27). The summed E-state index contributed by atoms with van der Waals surface area (Å²) in [7, 11) is 1.64. The Morgan fingerprint density at radius 3 is 2.71 bits per heavy atom. The van der Waals surface area contributed by atoms with Gasteiger partial charge in [0, 0.05) is 36.5 Å². The van der Waals surface area contributed by atoms with E-state index in [1.807, 2.05) is 13.0 Å². The van der Waals surface area contributed by atoms with Crippen molar-refractivity contribution in [1.82, 2.24) is 19.7 Å². The minimum atomic E-state index is -0.620. The molecule has 0 bridgehead atoms. The fraction of sp³-hybridized carbons (Fsp3) is 0.100. The quantitative estimate of drug-likeness (QED) is 0.588. The van der Waals surface area contributed by atoms with Crippen LogP contribution in [0.15, 0.2) is 48.8 Å². The SMILES string of the molecule is Cc1cc(-c2cc(Oc3cnc4c(F)nn(C)c4c3)ccn2)ccc1C(N)=O. The molecule has 1 aromatic carbocycles. The van der Waals surface area contributed by atoms with E-state index >= 15 is 0 Å². The Morgan fingerprint density at radius 2 is 1.96 bits per heavy atom. The van der Waals surface area contributed by atoms with Gasteiger partial charge >= 0.3 is 0 Å². The molecule has 4 aromatic rings. The van der Waals surface area contributed by atoms with E-state index in [1.165, 1.54) is 10.9 Å². The number of carbonyl (C=O) groups is 1. The molecule has 0 spiro atoms. The van der Waals surface area contributed by atoms with E-state index in [0.29, 0.717) is 28.3 Å². The van der Waals surface area contributed by atoms with Crippen LogP contribution in [0.1, 0.15) is 15.9 Å². The van der Waals surface area contributed by atoms with Crippen molar-refractivity contribution in [3.63, 3.8) is 0 Å². The van der Waals surface area contributed by atoms with Crippen molar-refractivity contribution in [3.05, 3.63) is 65.9 Å². The first-order valence-corrected chi connectivity index (χ1v) is 8.45. The van der Waals surface area contributed by atoms with Crippen molar-refractivity contribution >= 4 is 16.9 Å². The van der Waals surface area contributed by atoms with Gasteiger partial charge in [0.25, 0.3) is 5.95 Å². The van der Waals surface area contributed by atoms with Gasteiger partial charge in [0.2, 0.25) is 5.91 Å². The summed E-state index contributed by atoms with van der Waals surface area (Å²) >= 11 is 0. The molecule has 140 valence electrons. The van der Waals surface area contributed by atoms with Crippen LogP contribution in [0.4, 0.5) is 4.39 Å². The molecule has 0 saturated carbocycles. The molecule has 28 heavy (non-hydrogen) atoms. The second kappa shape index (κ2) is 6.73. The number of ether oxygens (including phenoxy) is 1. The van der Waals surface area contributed by atoms with E-state index in [4.69, 9.17) is 10.5 Å². The zero-order chi connectivity index (χ0) is 19.8. The highest BCUT2D eigenvalue weighted by Gasteiger charge is 2.12. The Bertz CT molecular complexity index is 1220. The van der Waals surface area contributed by atoms with Crippen molar-refractivity contribution in [2.45, 2.75) is 6.92 Å². The maximum absolute atomic E-state index is 13.6. The van der Waals surface area contributed by atoms with Gasteiger partial charge < -0.3 is 10.5 Å². The van der Waals surface area contributed by atoms with E-state index in [2.05, 4.69) is 15.1 Å². The van der Waals surface area contributed by atoms with Gasteiger partial charge in [-0.25, -0.2) is 4.98 Å². The lowest BCUT2D eigenvalue weighted by molar-refractivity contribution is 0.0999. The summed E-state index contributed by atoms with van der Waals surface area (Å²) in [6.45, 7) is 1.82. The molecule has 1 amide bonds. The van der Waals surface area contributed by atoms with Gasteiger partial charge in [-0.2, -0.15) is 4.39 Å². The summed E-state index contributed by atoms with van der Waals surface area (Å²) in [6, 6.07) is 10.5. The highest BCUT2D eigenvalue weighted by Crippen LogP contribution is 2.28. The summed E-state index contributed by atoms with van der Waals surface area (Å²) in [5, 5.41) is 3.71. The molecule has 0 aliphatic carbocycles. The monoisotopic (exact) mass is 377 g/mol. The van der Waals surface area contributed by atoms with Crippen LogP contribution in [0.3, 0.4) is 0 Å². The van der Waals surface area contributed by atoms with Crippen molar-refractivity contribution in [2.24, 2.45) is 12.8 Å². The highest BCUT2D eigenvalue weighted by atomic mass is 19.1. The molecule has 0 atom stereocenters. The molecule has 0 aliphatic heterocycles. The molecule has 2 N–H and O–H groups in total. The van der Waals surface area contributed by atoms with Crippen molar-refractivity contribution in [2.75, 3.05) is 0 Å². The number of benzene rings is 1. The summed E-state index contributed by atoms with van der Waals surface area (Å²) in [4.78, 5) is 19.8. The summed E-state index contributed by atoms with van der Waals surface area (Å²) in [5.41, 5.74) is 8.82. The summed E-state index contributed by atoms with van der Waals surface area (Å²) in [5.74, 6) is -0.0908. The number of halogens is 1. The molecular formula is C20H16FN5O2. The molecule has 0 fully saturated rings. The molecule has 0 saturated heterocycles. The van der Waals surface area contributed by atoms with Gasteiger partial charge in [-0.3, -0.25) is 14.5 Å². The molecule has 3 aromatic heterocycles. The maximum atomic E-state index is 13.6. The lowest BCUT2D eigenvalue weighted by Gasteiger charge is -2.09. The van der Waals surface area contributed by atoms with Gasteiger partial charge in [0.05, 0.1) is 17.4 Å². The smallest absolute Gasteiger partial charge is 0.258 e. The average molecular weight is 377 g/mol. The van der Waals surface area contributed by atoms with Gasteiger partial charge in [0.1, 0.15) is 17.0 Å². The largest absolute Gasteiger partial charge is 0.456 e. The number of primary amides is 1. The Balaban J connectivity index is 1.65. The third-order valence-electron chi connectivity index (χ3n) is 4.38. The number of aryl methyl sites for hydroxylation is 2. The van der Waals surface area contributed by atoms with Gasteiger partial charge in [-0.15, -0.1) is 5.10 Å². The Morgan fingerprint density at radius 1 is 1.14 bits per heavy atom. The molecule has 0 aliphatic rings. The Hall–Kier alpha value is -3.81. The molecular weight excluding hydrogens is 361 g/mol. The fourth-order valence-electron chi connectivity index (χ4n) is 3.00. The topological polar surface area (TPSA) is 95.9 Å². The number of fused-ring (bicyclic) bond motifs is 1. The summed E-state index contributed by atoms with van der Waals surface area (Å²) in [6.07, 6.45) is 3.07. The first-order chi connectivity index (χ1) is 13.4. The minimum Gasteiger partial charge on any atom is -0.456 e. The van der Waals surface area contributed by atoms with Crippen LogP contribution in [-0.4, -0.2) is 25.7 Å². The predicted molar refractivity (Wildman–Crippen MR) is 101 cm³/mol. The predicted octanol–water partition coefficient (Wildman–Crippen LogP) is 3.37. The lowest BCUT2D eigenvalue weighted by atomic mass is 10.0. The van der Waals surface area contributed by atoms with Crippen LogP contribution in [0.25, 0.3) is 22.3 Å². The van der Waals surface area contributed by atoms with Gasteiger partial charge in [-0.05, 0) is 30.7 Å². The van der Waals surface area contributed by atoms with E-state index in [0.717, 1.165) is 11.1 Å². The molecule has 3 heterocycles. The number of nitrogens with zero attached hydrogens (tertiary/aromatic N) is 4. The average Bonchev–Trinajstić information content (AvgIpc) is 2.95. The van der Waals surface area contributed by atoms with Crippen LogP contribution >= 0.6 is 0 Å². The number of aromatic nitrogens is 4.